The van der Waals surface area contributed by atoms with Crippen LogP contribution in [-0.2, 0) is 11.3 Å². The van der Waals surface area contributed by atoms with Gasteiger partial charge in [0.2, 0.25) is 0 Å². The third-order valence-corrected chi connectivity index (χ3v) is 4.80. The Hall–Kier alpha value is -2.37. The summed E-state index contributed by atoms with van der Waals surface area (Å²) >= 11 is 0. The second kappa shape index (κ2) is 7.89. The van der Waals surface area contributed by atoms with E-state index in [2.05, 4.69) is 4.98 Å². The van der Waals surface area contributed by atoms with Crippen LogP contribution in [0.3, 0.4) is 0 Å². The summed E-state index contributed by atoms with van der Waals surface area (Å²) in [5.41, 5.74) is 1.76. The van der Waals surface area contributed by atoms with Gasteiger partial charge in [0, 0.05) is 11.9 Å². The number of rotatable bonds is 4. The first-order chi connectivity index (χ1) is 12.4. The molecule has 6 heteroatoms. The van der Waals surface area contributed by atoms with E-state index in [4.69, 9.17) is 0 Å². The molecule has 1 fully saturated rings. The van der Waals surface area contributed by atoms with Crippen LogP contribution in [0.1, 0.15) is 49.3 Å². The number of hydrogen-bond acceptors (Lipinski definition) is 2. The number of aromatic nitrogens is 1. The Morgan fingerprint density at radius 2 is 1.73 bits per heavy atom. The minimum Gasteiger partial charge on any atom is -0.299 e. The summed E-state index contributed by atoms with van der Waals surface area (Å²) in [4.78, 5) is 16.9. The first kappa shape index (κ1) is 18.4. The molecule has 0 radical (unpaired) electrons. The van der Waals surface area contributed by atoms with Crippen LogP contribution >= 0.6 is 0 Å². The van der Waals surface area contributed by atoms with Gasteiger partial charge in [-0.05, 0) is 42.5 Å². The highest BCUT2D eigenvalue weighted by molar-refractivity contribution is 5.97. The molecule has 1 amide bonds. The molecule has 1 aliphatic carbocycles. The van der Waals surface area contributed by atoms with Gasteiger partial charge in [0.05, 0.1) is 12.2 Å². The molecule has 1 saturated carbocycles. The zero-order valence-corrected chi connectivity index (χ0v) is 14.4. The minimum absolute atomic E-state index is 0.202. The highest BCUT2D eigenvalue weighted by atomic mass is 19.4. The molecule has 0 spiro atoms. The molecular weight excluding hydrogens is 341 g/mol. The average molecular weight is 362 g/mol. The van der Waals surface area contributed by atoms with Crippen molar-refractivity contribution in [2.45, 2.75) is 50.7 Å². The van der Waals surface area contributed by atoms with Crippen molar-refractivity contribution < 1.29 is 18.0 Å². The number of amides is 1. The zero-order valence-electron chi connectivity index (χ0n) is 14.4. The summed E-state index contributed by atoms with van der Waals surface area (Å²) in [6.45, 7) is -0.215. The van der Waals surface area contributed by atoms with Crippen molar-refractivity contribution in [1.82, 2.24) is 4.98 Å². The highest BCUT2D eigenvalue weighted by Crippen LogP contribution is 2.32. The van der Waals surface area contributed by atoms with E-state index in [0.29, 0.717) is 11.6 Å². The van der Waals surface area contributed by atoms with Crippen LogP contribution in [0, 0.1) is 0 Å². The van der Waals surface area contributed by atoms with E-state index in [1.807, 2.05) is 6.07 Å². The number of anilines is 1. The van der Waals surface area contributed by atoms with Gasteiger partial charge in [-0.15, -0.1) is 0 Å². The van der Waals surface area contributed by atoms with Crippen molar-refractivity contribution in [3.05, 3.63) is 59.9 Å². The number of para-hydroxylation sites is 1. The predicted octanol–water partition coefficient (Wildman–Crippen LogP) is 5.22. The van der Waals surface area contributed by atoms with Gasteiger partial charge in [-0.25, -0.2) is 0 Å². The second-order valence-corrected chi connectivity index (χ2v) is 6.64. The summed E-state index contributed by atoms with van der Waals surface area (Å²) in [6.07, 6.45) is 2.73. The molecular formula is C20H21F3N2O. The molecule has 3 rings (SSSR count). The lowest BCUT2D eigenvalue weighted by Gasteiger charge is -2.24. The van der Waals surface area contributed by atoms with E-state index >= 15 is 0 Å². The van der Waals surface area contributed by atoms with E-state index in [-0.39, 0.29) is 12.2 Å². The quantitative estimate of drug-likeness (QED) is 0.747. The molecule has 3 nitrogen and oxygen atoms in total. The number of nitrogens with zero attached hydrogens (tertiary/aromatic N) is 2. The van der Waals surface area contributed by atoms with E-state index in [0.717, 1.165) is 23.3 Å². The van der Waals surface area contributed by atoms with Gasteiger partial charge in [0.1, 0.15) is 0 Å². The van der Waals surface area contributed by atoms with Gasteiger partial charge in [0.25, 0.3) is 0 Å². The fourth-order valence-corrected chi connectivity index (χ4v) is 3.41. The number of carbonyl (C=O) groups excluding carboxylic acids is 1. The lowest BCUT2D eigenvalue weighted by molar-refractivity contribution is -0.170. The third kappa shape index (κ3) is 4.42. The van der Waals surface area contributed by atoms with E-state index in [9.17, 15) is 18.0 Å². The molecule has 0 atom stereocenters. The minimum atomic E-state index is -4.93. The first-order valence-corrected chi connectivity index (χ1v) is 8.84. The molecule has 1 heterocycles. The van der Waals surface area contributed by atoms with E-state index in [1.165, 1.54) is 31.4 Å². The van der Waals surface area contributed by atoms with Crippen molar-refractivity contribution in [1.29, 1.82) is 0 Å². The fourth-order valence-electron chi connectivity index (χ4n) is 3.41. The third-order valence-electron chi connectivity index (χ3n) is 4.80. The molecule has 138 valence electrons. The van der Waals surface area contributed by atoms with Crippen LogP contribution < -0.4 is 4.90 Å². The summed E-state index contributed by atoms with van der Waals surface area (Å²) in [7, 11) is 0. The molecule has 26 heavy (non-hydrogen) atoms. The number of benzene rings is 1. The monoisotopic (exact) mass is 362 g/mol. The van der Waals surface area contributed by atoms with Crippen molar-refractivity contribution >= 4 is 11.6 Å². The molecule has 0 bridgehead atoms. The predicted molar refractivity (Wildman–Crippen MR) is 93.8 cm³/mol. The van der Waals surface area contributed by atoms with Crippen LogP contribution in [0.2, 0.25) is 0 Å². The topological polar surface area (TPSA) is 33.2 Å². The Morgan fingerprint density at radius 1 is 1.04 bits per heavy atom. The van der Waals surface area contributed by atoms with Gasteiger partial charge in [-0.1, -0.05) is 43.5 Å². The Labute approximate surface area is 150 Å². The Balaban J connectivity index is 1.79. The maximum Gasteiger partial charge on any atom is 0.471 e. The highest BCUT2D eigenvalue weighted by Gasteiger charge is 2.43. The molecule has 2 aromatic rings. The Kier molecular flexibility index (Phi) is 5.59. The number of alkyl halides is 3. The second-order valence-electron chi connectivity index (χ2n) is 6.64. The SMILES string of the molecule is O=C(N(Cc1ccc(C2CCCCC2)cn1)c1ccccc1)C(F)(F)F. The number of carbonyl (C=O) groups is 1. The molecule has 1 aliphatic rings. The van der Waals surface area contributed by atoms with Crippen molar-refractivity contribution in [3.63, 3.8) is 0 Å². The maximum absolute atomic E-state index is 13.0. The van der Waals surface area contributed by atoms with Gasteiger partial charge >= 0.3 is 12.1 Å². The van der Waals surface area contributed by atoms with Crippen molar-refractivity contribution in [3.8, 4) is 0 Å². The van der Waals surface area contributed by atoms with Gasteiger partial charge < -0.3 is 0 Å². The van der Waals surface area contributed by atoms with Crippen molar-refractivity contribution in [2.24, 2.45) is 0 Å². The van der Waals surface area contributed by atoms with Crippen LogP contribution in [0.4, 0.5) is 18.9 Å². The summed E-state index contributed by atoms with van der Waals surface area (Å²) in [6, 6.07) is 11.5. The van der Waals surface area contributed by atoms with Crippen LogP contribution in [0.5, 0.6) is 0 Å². The summed E-state index contributed by atoms with van der Waals surface area (Å²) in [5, 5.41) is 0. The lowest BCUT2D eigenvalue weighted by atomic mass is 9.85. The number of halogens is 3. The van der Waals surface area contributed by atoms with Crippen molar-refractivity contribution in [2.75, 3.05) is 4.90 Å². The van der Waals surface area contributed by atoms with Gasteiger partial charge in [-0.2, -0.15) is 13.2 Å². The number of hydrogen-bond donors (Lipinski definition) is 0. The standard InChI is InChI=1S/C20H21F3N2O/c21-20(22,23)19(26)25(18-9-5-2-6-10-18)14-17-12-11-16(13-24-17)15-7-3-1-4-8-15/h2,5-6,9-13,15H,1,3-4,7-8,14H2. The lowest BCUT2D eigenvalue weighted by Crippen LogP contribution is -2.41. The molecule has 1 aromatic carbocycles. The normalized spacial score (nSPS) is 15.7. The molecule has 0 saturated heterocycles. The fraction of sp³-hybridized carbons (Fsp3) is 0.400. The van der Waals surface area contributed by atoms with Crippen LogP contribution in [0.15, 0.2) is 48.7 Å². The Morgan fingerprint density at radius 3 is 2.31 bits per heavy atom. The first-order valence-electron chi connectivity index (χ1n) is 8.84. The largest absolute Gasteiger partial charge is 0.471 e. The van der Waals surface area contributed by atoms with Crippen LogP contribution in [0.25, 0.3) is 0 Å². The van der Waals surface area contributed by atoms with Crippen LogP contribution in [-0.4, -0.2) is 17.1 Å². The summed E-state index contributed by atoms with van der Waals surface area (Å²) in [5.74, 6) is -1.41. The average Bonchev–Trinajstić information content (AvgIpc) is 2.67. The molecule has 0 aliphatic heterocycles. The van der Waals surface area contributed by atoms with Gasteiger partial charge in [-0.3, -0.25) is 14.7 Å². The van der Waals surface area contributed by atoms with Gasteiger partial charge in [0.15, 0.2) is 0 Å². The smallest absolute Gasteiger partial charge is 0.299 e. The van der Waals surface area contributed by atoms with E-state index < -0.39 is 12.1 Å². The number of pyridine rings is 1. The molecule has 1 aromatic heterocycles. The maximum atomic E-state index is 13.0. The summed E-state index contributed by atoms with van der Waals surface area (Å²) < 4.78 is 38.9. The molecule has 0 N–H and O–H groups in total. The molecule has 0 unspecified atom stereocenters. The zero-order chi connectivity index (χ0) is 18.6. The van der Waals surface area contributed by atoms with E-state index in [1.54, 1.807) is 30.5 Å². The Bertz CT molecular complexity index is 723.